The Balaban J connectivity index is 1.98. The number of benzene rings is 2. The van der Waals surface area contributed by atoms with Gasteiger partial charge in [0.15, 0.2) is 9.84 Å². The van der Waals surface area contributed by atoms with Gasteiger partial charge in [-0.25, -0.2) is 8.42 Å². The summed E-state index contributed by atoms with van der Waals surface area (Å²) >= 11 is 5.91. The first-order chi connectivity index (χ1) is 10.3. The highest BCUT2D eigenvalue weighted by Crippen LogP contribution is 2.21. The molecular weight excluding hydrogens is 322 g/mol. The molecule has 0 unspecified atom stereocenters. The third kappa shape index (κ3) is 2.77. The van der Waals surface area contributed by atoms with Gasteiger partial charge in [-0.1, -0.05) is 17.7 Å². The fourth-order valence-electron chi connectivity index (χ4n) is 2.14. The number of hydrogen-bond donors (Lipinski definition) is 1. The van der Waals surface area contributed by atoms with Crippen LogP contribution in [-0.4, -0.2) is 25.4 Å². The second kappa shape index (κ2) is 5.26. The summed E-state index contributed by atoms with van der Waals surface area (Å²) in [7, 11) is -3.28. The molecule has 1 N–H and O–H groups in total. The fraction of sp³-hybridized carbons (Fsp3) is 0.0625. The number of H-pyrrole nitrogens is 1. The van der Waals surface area contributed by atoms with Crippen molar-refractivity contribution in [2.24, 2.45) is 0 Å². The normalized spacial score (nSPS) is 11.7. The van der Waals surface area contributed by atoms with Gasteiger partial charge in [0.1, 0.15) is 0 Å². The molecule has 1 heterocycles. The van der Waals surface area contributed by atoms with Crippen LogP contribution in [0.25, 0.3) is 10.9 Å². The number of carbonyl (C=O) groups excluding carboxylic acids is 1. The smallest absolute Gasteiger partial charge is 0.209 e. The zero-order chi connectivity index (χ0) is 15.9. The van der Waals surface area contributed by atoms with E-state index in [-0.39, 0.29) is 10.7 Å². The number of nitrogens with one attached hydrogen (secondary N) is 1. The van der Waals surface area contributed by atoms with Gasteiger partial charge < -0.3 is 4.98 Å². The van der Waals surface area contributed by atoms with Gasteiger partial charge in [0.25, 0.3) is 0 Å². The van der Waals surface area contributed by atoms with E-state index < -0.39 is 9.84 Å². The third-order valence-corrected chi connectivity index (χ3v) is 4.64. The van der Waals surface area contributed by atoms with Gasteiger partial charge in [-0.2, -0.15) is 0 Å². The number of fused-ring (bicyclic) bond motifs is 1. The highest BCUT2D eigenvalue weighted by Gasteiger charge is 2.14. The molecule has 0 aliphatic heterocycles. The quantitative estimate of drug-likeness (QED) is 0.749. The van der Waals surface area contributed by atoms with Crippen molar-refractivity contribution in [2.75, 3.05) is 6.26 Å². The van der Waals surface area contributed by atoms with E-state index in [0.29, 0.717) is 16.3 Å². The molecule has 22 heavy (non-hydrogen) atoms. The fourth-order valence-corrected chi connectivity index (χ4v) is 2.94. The summed E-state index contributed by atoms with van der Waals surface area (Å²) < 4.78 is 22.8. The van der Waals surface area contributed by atoms with Gasteiger partial charge in [-0.3, -0.25) is 4.79 Å². The lowest BCUT2D eigenvalue weighted by Gasteiger charge is -2.01. The van der Waals surface area contributed by atoms with Crippen LogP contribution < -0.4 is 0 Å². The molecule has 0 aliphatic carbocycles. The van der Waals surface area contributed by atoms with Crippen molar-refractivity contribution in [1.29, 1.82) is 0 Å². The van der Waals surface area contributed by atoms with Crippen LogP contribution in [0.15, 0.2) is 47.4 Å². The molecule has 1 aromatic heterocycles. The van der Waals surface area contributed by atoms with Gasteiger partial charge in [0.05, 0.1) is 10.6 Å². The SMILES string of the molecule is CS(=O)(=O)c1ccc(C(=O)c2[c]c3ccc(Cl)cc3[nH]2)cc1. The zero-order valence-corrected chi connectivity index (χ0v) is 13.1. The molecule has 0 atom stereocenters. The summed E-state index contributed by atoms with van der Waals surface area (Å²) in [5, 5.41) is 1.33. The van der Waals surface area contributed by atoms with Gasteiger partial charge in [0, 0.05) is 33.8 Å². The number of aromatic amines is 1. The van der Waals surface area contributed by atoms with Gasteiger partial charge >= 0.3 is 0 Å². The predicted molar refractivity (Wildman–Crippen MR) is 85.1 cm³/mol. The average molecular weight is 333 g/mol. The molecule has 0 amide bonds. The van der Waals surface area contributed by atoms with Crippen molar-refractivity contribution in [3.63, 3.8) is 0 Å². The van der Waals surface area contributed by atoms with E-state index in [9.17, 15) is 13.2 Å². The first-order valence-electron chi connectivity index (χ1n) is 6.40. The Hall–Kier alpha value is -2.11. The van der Waals surface area contributed by atoms with Crippen molar-refractivity contribution in [2.45, 2.75) is 4.90 Å². The highest BCUT2D eigenvalue weighted by molar-refractivity contribution is 7.90. The van der Waals surface area contributed by atoms with Crippen LogP contribution in [-0.2, 0) is 9.84 Å². The van der Waals surface area contributed by atoms with Crippen LogP contribution >= 0.6 is 11.6 Å². The van der Waals surface area contributed by atoms with Crippen LogP contribution in [0.4, 0.5) is 0 Å². The van der Waals surface area contributed by atoms with E-state index in [2.05, 4.69) is 11.1 Å². The summed E-state index contributed by atoms with van der Waals surface area (Å²) in [6.45, 7) is 0. The highest BCUT2D eigenvalue weighted by atomic mass is 35.5. The maximum atomic E-state index is 12.4. The number of ketones is 1. The maximum Gasteiger partial charge on any atom is 0.209 e. The Kier molecular flexibility index (Phi) is 3.54. The summed E-state index contributed by atoms with van der Waals surface area (Å²) in [6.07, 6.45) is 1.12. The molecule has 0 aliphatic rings. The predicted octanol–water partition coefficient (Wildman–Crippen LogP) is 3.26. The minimum atomic E-state index is -3.28. The molecule has 3 aromatic rings. The van der Waals surface area contributed by atoms with Crippen molar-refractivity contribution < 1.29 is 13.2 Å². The lowest BCUT2D eigenvalue weighted by atomic mass is 10.1. The van der Waals surface area contributed by atoms with E-state index in [4.69, 9.17) is 11.6 Å². The molecule has 1 radical (unpaired) electrons. The standard InChI is InChI=1S/C16H11ClNO3S/c1-22(20,21)13-6-3-10(4-7-13)16(19)15-8-11-2-5-12(17)9-14(11)18-15/h2-7,9,18H,1H3. The first-order valence-corrected chi connectivity index (χ1v) is 8.67. The van der Waals surface area contributed by atoms with E-state index in [1.807, 2.05) is 0 Å². The molecule has 111 valence electrons. The Morgan fingerprint density at radius 1 is 1.14 bits per heavy atom. The molecule has 0 bridgehead atoms. The maximum absolute atomic E-state index is 12.4. The molecule has 4 nitrogen and oxygen atoms in total. The van der Waals surface area contributed by atoms with E-state index >= 15 is 0 Å². The third-order valence-electron chi connectivity index (χ3n) is 3.27. The van der Waals surface area contributed by atoms with E-state index in [1.165, 1.54) is 24.3 Å². The van der Waals surface area contributed by atoms with Gasteiger partial charge in [0.2, 0.25) is 5.78 Å². The molecule has 0 fully saturated rings. The van der Waals surface area contributed by atoms with Crippen molar-refractivity contribution in [3.05, 3.63) is 64.8 Å². The lowest BCUT2D eigenvalue weighted by molar-refractivity contribution is 0.103. The summed E-state index contributed by atoms with van der Waals surface area (Å²) in [4.78, 5) is 15.6. The van der Waals surface area contributed by atoms with Crippen LogP contribution in [0.5, 0.6) is 0 Å². The molecule has 2 aromatic carbocycles. The van der Waals surface area contributed by atoms with E-state index in [0.717, 1.165) is 17.2 Å². The summed E-state index contributed by atoms with van der Waals surface area (Å²) in [6, 6.07) is 14.0. The van der Waals surface area contributed by atoms with Crippen LogP contribution in [0.1, 0.15) is 16.1 Å². The Bertz CT molecular complexity index is 972. The lowest BCUT2D eigenvalue weighted by Crippen LogP contribution is -2.03. The topological polar surface area (TPSA) is 67.0 Å². The second-order valence-electron chi connectivity index (χ2n) is 4.94. The molecule has 0 saturated heterocycles. The van der Waals surface area contributed by atoms with Crippen LogP contribution in [0.2, 0.25) is 5.02 Å². The van der Waals surface area contributed by atoms with Crippen LogP contribution in [0, 0.1) is 6.07 Å². The minimum Gasteiger partial charge on any atom is -0.351 e. The zero-order valence-electron chi connectivity index (χ0n) is 11.6. The Morgan fingerprint density at radius 2 is 1.82 bits per heavy atom. The molecule has 3 rings (SSSR count). The van der Waals surface area contributed by atoms with Crippen LogP contribution in [0.3, 0.4) is 0 Å². The van der Waals surface area contributed by atoms with Crippen molar-refractivity contribution in [1.82, 2.24) is 4.98 Å². The van der Waals surface area contributed by atoms with Crippen molar-refractivity contribution >= 4 is 38.1 Å². The minimum absolute atomic E-state index is 0.177. The number of rotatable bonds is 3. The number of sulfone groups is 1. The monoisotopic (exact) mass is 332 g/mol. The molecule has 0 spiro atoms. The number of carbonyl (C=O) groups is 1. The number of aromatic nitrogens is 1. The Morgan fingerprint density at radius 3 is 2.45 bits per heavy atom. The van der Waals surface area contributed by atoms with Gasteiger partial charge in [-0.05, 0) is 36.4 Å². The molecule has 0 saturated carbocycles. The number of hydrogen-bond acceptors (Lipinski definition) is 3. The number of halogens is 1. The first kappa shape index (κ1) is 14.8. The summed E-state index contributed by atoms with van der Waals surface area (Å²) in [5.74, 6) is -0.257. The second-order valence-corrected chi connectivity index (χ2v) is 7.39. The van der Waals surface area contributed by atoms with Gasteiger partial charge in [-0.15, -0.1) is 0 Å². The molecular formula is C16H11ClNO3S. The van der Waals surface area contributed by atoms with Crippen molar-refractivity contribution in [3.8, 4) is 0 Å². The van der Waals surface area contributed by atoms with E-state index in [1.54, 1.807) is 18.2 Å². The summed E-state index contributed by atoms with van der Waals surface area (Å²) in [5.41, 5.74) is 1.43. The average Bonchev–Trinajstić information content (AvgIpc) is 2.88. The Labute approximate surface area is 132 Å². The largest absolute Gasteiger partial charge is 0.351 e. The molecule has 6 heteroatoms.